The Morgan fingerprint density at radius 3 is 2.28 bits per heavy atom. The molecule has 1 fully saturated rings. The van der Waals surface area contributed by atoms with Crippen LogP contribution in [0.25, 0.3) is 0 Å². The third kappa shape index (κ3) is 4.23. The quantitative estimate of drug-likeness (QED) is 0.698. The highest BCUT2D eigenvalue weighted by atomic mass is 16.5. The van der Waals surface area contributed by atoms with Crippen LogP contribution in [0.15, 0.2) is 0 Å². The van der Waals surface area contributed by atoms with Gasteiger partial charge in [0.25, 0.3) is 0 Å². The summed E-state index contributed by atoms with van der Waals surface area (Å²) in [5.74, 6) is -0.392. The first kappa shape index (κ1) is 15.4. The minimum absolute atomic E-state index is 0.277. The molecule has 1 rings (SSSR count). The zero-order valence-corrected chi connectivity index (χ0v) is 11.8. The Balaban J connectivity index is 2.45. The summed E-state index contributed by atoms with van der Waals surface area (Å²) >= 11 is 0. The van der Waals surface area contributed by atoms with Crippen molar-refractivity contribution >= 4 is 5.97 Å². The maximum Gasteiger partial charge on any atom is 0.325 e. The lowest BCUT2D eigenvalue weighted by Gasteiger charge is -2.36. The molecule has 0 aromatic rings. The van der Waals surface area contributed by atoms with Crippen LogP contribution in [0, 0.1) is 0 Å². The van der Waals surface area contributed by atoms with Gasteiger partial charge in [0.2, 0.25) is 0 Å². The topological polar surface area (TPSA) is 61.8 Å². The standard InChI is InChI=1S/C13H26N2O3/c1-9(2)15-7-5-11(6-8-15)14-12(10(3)16)13(17)18-4/h9-12,14,16H,5-8H2,1-4H3/t10-,12+/m1/s1. The summed E-state index contributed by atoms with van der Waals surface area (Å²) in [7, 11) is 1.35. The Bertz CT molecular complexity index is 261. The summed E-state index contributed by atoms with van der Waals surface area (Å²) in [6.45, 7) is 8.06. The van der Waals surface area contributed by atoms with E-state index in [0.29, 0.717) is 6.04 Å². The van der Waals surface area contributed by atoms with Crippen LogP contribution in [0.4, 0.5) is 0 Å². The number of carbonyl (C=O) groups is 1. The molecule has 0 spiro atoms. The monoisotopic (exact) mass is 258 g/mol. The number of carbonyl (C=O) groups excluding carboxylic acids is 1. The van der Waals surface area contributed by atoms with Gasteiger partial charge in [-0.05, 0) is 46.7 Å². The molecule has 1 aliphatic rings. The summed E-state index contributed by atoms with van der Waals surface area (Å²) in [6, 6.07) is 0.225. The Hall–Kier alpha value is -0.650. The van der Waals surface area contributed by atoms with Gasteiger partial charge in [0.15, 0.2) is 0 Å². The van der Waals surface area contributed by atoms with E-state index in [4.69, 9.17) is 4.74 Å². The fourth-order valence-electron chi connectivity index (χ4n) is 2.37. The number of rotatable bonds is 5. The average Bonchev–Trinajstić information content (AvgIpc) is 2.35. The maximum absolute atomic E-state index is 11.5. The number of ether oxygens (including phenoxy) is 1. The molecule has 1 aliphatic heterocycles. The van der Waals surface area contributed by atoms with Gasteiger partial charge >= 0.3 is 5.97 Å². The predicted octanol–water partition coefficient (Wildman–Crippen LogP) is 0.371. The van der Waals surface area contributed by atoms with E-state index in [2.05, 4.69) is 24.1 Å². The number of methoxy groups -OCH3 is 1. The molecule has 0 aliphatic carbocycles. The van der Waals surface area contributed by atoms with Gasteiger partial charge < -0.3 is 14.7 Å². The van der Waals surface area contributed by atoms with Gasteiger partial charge in [-0.25, -0.2) is 0 Å². The molecule has 0 aromatic heterocycles. The predicted molar refractivity (Wildman–Crippen MR) is 70.4 cm³/mol. The normalized spacial score (nSPS) is 21.9. The van der Waals surface area contributed by atoms with E-state index in [-0.39, 0.29) is 6.04 Å². The van der Waals surface area contributed by atoms with Crippen LogP contribution in [0.2, 0.25) is 0 Å². The van der Waals surface area contributed by atoms with E-state index in [1.807, 2.05) is 0 Å². The highest BCUT2D eigenvalue weighted by molar-refractivity contribution is 5.76. The number of likely N-dealkylation sites (tertiary alicyclic amines) is 1. The van der Waals surface area contributed by atoms with Crippen molar-refractivity contribution in [2.45, 2.75) is 57.8 Å². The molecule has 18 heavy (non-hydrogen) atoms. The van der Waals surface area contributed by atoms with E-state index in [1.165, 1.54) is 7.11 Å². The van der Waals surface area contributed by atoms with Crippen molar-refractivity contribution in [1.82, 2.24) is 10.2 Å². The number of piperidine rings is 1. The number of hydrogen-bond donors (Lipinski definition) is 2. The van der Waals surface area contributed by atoms with Crippen molar-refractivity contribution in [2.24, 2.45) is 0 Å². The summed E-state index contributed by atoms with van der Waals surface area (Å²) in [6.07, 6.45) is 1.26. The minimum atomic E-state index is -0.736. The SMILES string of the molecule is COC(=O)[C@@H](NC1CCN(C(C)C)CC1)[C@@H](C)O. The largest absolute Gasteiger partial charge is 0.468 e. The molecular weight excluding hydrogens is 232 g/mol. The molecule has 2 atom stereocenters. The Morgan fingerprint density at radius 1 is 1.33 bits per heavy atom. The molecule has 0 amide bonds. The van der Waals surface area contributed by atoms with Crippen molar-refractivity contribution < 1.29 is 14.6 Å². The molecule has 2 N–H and O–H groups in total. The van der Waals surface area contributed by atoms with Crippen molar-refractivity contribution in [3.05, 3.63) is 0 Å². The second kappa shape index (κ2) is 7.07. The van der Waals surface area contributed by atoms with E-state index < -0.39 is 18.1 Å². The van der Waals surface area contributed by atoms with Gasteiger partial charge in [0, 0.05) is 12.1 Å². The zero-order chi connectivity index (χ0) is 13.7. The zero-order valence-electron chi connectivity index (χ0n) is 11.8. The van der Waals surface area contributed by atoms with Crippen molar-refractivity contribution in [3.63, 3.8) is 0 Å². The lowest BCUT2D eigenvalue weighted by atomic mass is 10.0. The number of nitrogens with zero attached hydrogens (tertiary/aromatic N) is 1. The van der Waals surface area contributed by atoms with Crippen molar-refractivity contribution in [2.75, 3.05) is 20.2 Å². The average molecular weight is 258 g/mol. The van der Waals surface area contributed by atoms with Crippen LogP contribution < -0.4 is 5.32 Å². The van der Waals surface area contributed by atoms with E-state index in [1.54, 1.807) is 6.92 Å². The highest BCUT2D eigenvalue weighted by Crippen LogP contribution is 2.14. The van der Waals surface area contributed by atoms with Gasteiger partial charge in [0.05, 0.1) is 13.2 Å². The van der Waals surface area contributed by atoms with Gasteiger partial charge in [-0.3, -0.25) is 10.1 Å². The molecule has 5 heteroatoms. The molecule has 0 saturated carbocycles. The maximum atomic E-state index is 11.5. The Labute approximate surface area is 109 Å². The smallest absolute Gasteiger partial charge is 0.325 e. The molecular formula is C13H26N2O3. The molecule has 106 valence electrons. The summed E-state index contributed by atoms with van der Waals surface area (Å²) < 4.78 is 4.70. The Kier molecular flexibility index (Phi) is 6.05. The number of aliphatic hydroxyl groups is 1. The van der Waals surface area contributed by atoms with Crippen molar-refractivity contribution in [1.29, 1.82) is 0 Å². The molecule has 1 saturated heterocycles. The Morgan fingerprint density at radius 2 is 1.89 bits per heavy atom. The van der Waals surface area contributed by atoms with Gasteiger partial charge in [-0.2, -0.15) is 0 Å². The molecule has 0 unspecified atom stereocenters. The fourth-order valence-corrected chi connectivity index (χ4v) is 2.37. The fraction of sp³-hybridized carbons (Fsp3) is 0.923. The first-order valence-electron chi connectivity index (χ1n) is 6.71. The van der Waals surface area contributed by atoms with Crippen molar-refractivity contribution in [3.8, 4) is 0 Å². The van der Waals surface area contributed by atoms with Gasteiger partial charge in [-0.15, -0.1) is 0 Å². The summed E-state index contributed by atoms with van der Waals surface area (Å²) in [4.78, 5) is 14.0. The lowest BCUT2D eigenvalue weighted by Crippen LogP contribution is -2.53. The number of aliphatic hydroxyl groups excluding tert-OH is 1. The van der Waals surface area contributed by atoms with Crippen LogP contribution in [-0.4, -0.2) is 60.4 Å². The van der Waals surface area contributed by atoms with E-state index >= 15 is 0 Å². The van der Waals surface area contributed by atoms with Crippen LogP contribution >= 0.6 is 0 Å². The van der Waals surface area contributed by atoms with Crippen LogP contribution in [-0.2, 0) is 9.53 Å². The number of esters is 1. The second-order valence-electron chi connectivity index (χ2n) is 5.31. The second-order valence-corrected chi connectivity index (χ2v) is 5.31. The first-order valence-corrected chi connectivity index (χ1v) is 6.71. The van der Waals surface area contributed by atoms with E-state index in [0.717, 1.165) is 25.9 Å². The lowest BCUT2D eigenvalue weighted by molar-refractivity contribution is -0.146. The third-order valence-corrected chi connectivity index (χ3v) is 3.61. The molecule has 0 aromatic carbocycles. The molecule has 0 radical (unpaired) electrons. The molecule has 0 bridgehead atoms. The minimum Gasteiger partial charge on any atom is -0.468 e. The van der Waals surface area contributed by atoms with Crippen LogP contribution in [0.3, 0.4) is 0 Å². The van der Waals surface area contributed by atoms with Crippen LogP contribution in [0.1, 0.15) is 33.6 Å². The van der Waals surface area contributed by atoms with Gasteiger partial charge in [0.1, 0.15) is 6.04 Å². The number of nitrogens with one attached hydrogen (secondary N) is 1. The third-order valence-electron chi connectivity index (χ3n) is 3.61. The summed E-state index contributed by atoms with van der Waals surface area (Å²) in [5, 5.41) is 12.8. The highest BCUT2D eigenvalue weighted by Gasteiger charge is 2.29. The molecule has 5 nitrogen and oxygen atoms in total. The van der Waals surface area contributed by atoms with E-state index in [9.17, 15) is 9.90 Å². The first-order chi connectivity index (χ1) is 8.45. The number of hydrogen-bond acceptors (Lipinski definition) is 5. The summed E-state index contributed by atoms with van der Waals surface area (Å²) in [5.41, 5.74) is 0. The van der Waals surface area contributed by atoms with Crippen LogP contribution in [0.5, 0.6) is 0 Å². The molecule has 1 heterocycles. The van der Waals surface area contributed by atoms with Gasteiger partial charge in [-0.1, -0.05) is 0 Å².